The monoisotopic (exact) mass is 192 g/mol. The molecule has 1 aromatic carbocycles. The molecule has 0 aliphatic heterocycles. The first-order valence-electron chi connectivity index (χ1n) is 3.99. The molecule has 0 saturated carbocycles. The largest absolute Gasteiger partial charge is 0.459 e. The van der Waals surface area contributed by atoms with Crippen LogP contribution < -0.4 is 0 Å². The average Bonchev–Trinajstić information content (AvgIpc) is 2.19. The summed E-state index contributed by atoms with van der Waals surface area (Å²) in [5.41, 5.74) is 1.01. The number of esters is 1. The van der Waals surface area contributed by atoms with Crippen LogP contribution in [0, 0.1) is 24.6 Å². The quantitative estimate of drug-likeness (QED) is 0.461. The molecule has 0 saturated heterocycles. The zero-order valence-electron chi connectivity index (χ0n) is 7.93. The lowest BCUT2D eigenvalue weighted by atomic mass is 10.1. The van der Waals surface area contributed by atoms with E-state index in [0.717, 1.165) is 0 Å². The third-order valence-electron chi connectivity index (χ3n) is 1.67. The van der Waals surface area contributed by atoms with Crippen LogP contribution in [0.1, 0.15) is 11.1 Å². The molecule has 1 aromatic rings. The summed E-state index contributed by atoms with van der Waals surface area (Å²) in [6.07, 6.45) is 0. The third-order valence-corrected chi connectivity index (χ3v) is 1.67. The highest BCUT2D eigenvalue weighted by Gasteiger charge is 1.97. The van der Waals surface area contributed by atoms with Crippen LogP contribution in [-0.2, 0) is 9.53 Å². The van der Waals surface area contributed by atoms with Crippen LogP contribution in [0.5, 0.6) is 0 Å². The zero-order valence-corrected chi connectivity index (χ0v) is 7.93. The van der Waals surface area contributed by atoms with Crippen molar-refractivity contribution < 1.29 is 13.9 Å². The molecule has 2 nitrogen and oxygen atoms in total. The van der Waals surface area contributed by atoms with Gasteiger partial charge < -0.3 is 4.74 Å². The molecule has 0 N–H and O–H groups in total. The second-order valence-corrected chi connectivity index (χ2v) is 2.71. The lowest BCUT2D eigenvalue weighted by molar-refractivity contribution is -0.133. The van der Waals surface area contributed by atoms with Crippen LogP contribution in [0.4, 0.5) is 4.39 Å². The predicted molar refractivity (Wildman–Crippen MR) is 50.0 cm³/mol. The van der Waals surface area contributed by atoms with Gasteiger partial charge in [0.25, 0.3) is 0 Å². The van der Waals surface area contributed by atoms with Gasteiger partial charge in [0.05, 0.1) is 7.11 Å². The molecule has 0 aromatic heterocycles. The molecule has 0 fully saturated rings. The third kappa shape index (κ3) is 2.60. The van der Waals surface area contributed by atoms with E-state index in [-0.39, 0.29) is 5.82 Å². The molecule has 0 spiro atoms. The van der Waals surface area contributed by atoms with Crippen molar-refractivity contribution in [3.8, 4) is 11.8 Å². The van der Waals surface area contributed by atoms with Gasteiger partial charge in [-0.3, -0.25) is 0 Å². The molecule has 0 unspecified atom stereocenters. The minimum absolute atomic E-state index is 0.332. The number of rotatable bonds is 0. The fraction of sp³-hybridized carbons (Fsp3) is 0.182. The number of halogens is 1. The number of benzene rings is 1. The second-order valence-electron chi connectivity index (χ2n) is 2.71. The molecule has 72 valence electrons. The minimum atomic E-state index is -0.633. The molecule has 0 heterocycles. The first-order chi connectivity index (χ1) is 6.63. The number of hydrogen-bond donors (Lipinski definition) is 0. The van der Waals surface area contributed by atoms with Gasteiger partial charge in [-0.25, -0.2) is 9.18 Å². The summed E-state index contributed by atoms with van der Waals surface area (Å²) in [5.74, 6) is 3.75. The van der Waals surface area contributed by atoms with Gasteiger partial charge in [-0.05, 0) is 24.6 Å². The Hall–Kier alpha value is -1.82. The first kappa shape index (κ1) is 10.3. The molecule has 1 rings (SSSR count). The van der Waals surface area contributed by atoms with E-state index < -0.39 is 5.97 Å². The Labute approximate surface area is 81.7 Å². The van der Waals surface area contributed by atoms with Gasteiger partial charge in [0.15, 0.2) is 0 Å². The van der Waals surface area contributed by atoms with E-state index in [4.69, 9.17) is 0 Å². The van der Waals surface area contributed by atoms with Crippen LogP contribution in [-0.4, -0.2) is 13.1 Å². The second kappa shape index (κ2) is 4.43. The number of carbonyl (C=O) groups is 1. The Morgan fingerprint density at radius 1 is 1.50 bits per heavy atom. The number of carbonyl (C=O) groups excluding carboxylic acids is 1. The van der Waals surface area contributed by atoms with Gasteiger partial charge in [-0.2, -0.15) is 0 Å². The van der Waals surface area contributed by atoms with Crippen molar-refractivity contribution in [2.24, 2.45) is 0 Å². The van der Waals surface area contributed by atoms with Gasteiger partial charge >= 0.3 is 5.97 Å². The lowest BCUT2D eigenvalue weighted by Crippen LogP contribution is -1.94. The molecular formula is C11H9FO2. The summed E-state index contributed by atoms with van der Waals surface area (Å²) in [6, 6.07) is 4.54. The van der Waals surface area contributed by atoms with E-state index in [1.807, 2.05) is 0 Å². The Morgan fingerprint density at radius 2 is 2.21 bits per heavy atom. The molecule has 0 bridgehead atoms. The summed E-state index contributed by atoms with van der Waals surface area (Å²) in [5, 5.41) is 0. The summed E-state index contributed by atoms with van der Waals surface area (Å²) in [7, 11) is 1.24. The molecule has 0 amide bonds. The maximum absolute atomic E-state index is 13.0. The van der Waals surface area contributed by atoms with Crippen LogP contribution in [0.15, 0.2) is 18.2 Å². The summed E-state index contributed by atoms with van der Waals surface area (Å²) in [6.45, 7) is 1.66. The van der Waals surface area contributed by atoms with Crippen molar-refractivity contribution in [3.63, 3.8) is 0 Å². The van der Waals surface area contributed by atoms with E-state index in [0.29, 0.717) is 11.1 Å². The van der Waals surface area contributed by atoms with Crippen molar-refractivity contribution in [1.29, 1.82) is 0 Å². The van der Waals surface area contributed by atoms with Gasteiger partial charge in [-0.1, -0.05) is 12.0 Å². The fourth-order valence-electron chi connectivity index (χ4n) is 0.845. The maximum atomic E-state index is 13.0. The maximum Gasteiger partial charge on any atom is 0.384 e. The van der Waals surface area contributed by atoms with Crippen LogP contribution in [0.3, 0.4) is 0 Å². The minimum Gasteiger partial charge on any atom is -0.459 e. The highest BCUT2D eigenvalue weighted by Crippen LogP contribution is 2.07. The van der Waals surface area contributed by atoms with Crippen LogP contribution in [0.2, 0.25) is 0 Å². The standard InChI is InChI=1S/C11H9FO2/c1-8-3-4-9(7-10(8)12)5-6-11(13)14-2/h3-4,7H,1-2H3. The van der Waals surface area contributed by atoms with Crippen molar-refractivity contribution >= 4 is 5.97 Å². The Balaban J connectivity index is 2.91. The molecule has 0 aliphatic rings. The topological polar surface area (TPSA) is 26.3 Å². The highest BCUT2D eigenvalue weighted by molar-refractivity contribution is 5.88. The van der Waals surface area contributed by atoms with Gasteiger partial charge in [-0.15, -0.1) is 0 Å². The Morgan fingerprint density at radius 3 is 2.79 bits per heavy atom. The Bertz CT molecular complexity index is 413. The highest BCUT2D eigenvalue weighted by atomic mass is 19.1. The van der Waals surface area contributed by atoms with Crippen molar-refractivity contribution in [2.75, 3.05) is 7.11 Å². The van der Waals surface area contributed by atoms with E-state index in [1.165, 1.54) is 13.2 Å². The number of aryl methyl sites for hydroxylation is 1. The predicted octanol–water partition coefficient (Wildman–Crippen LogP) is 1.66. The average molecular weight is 192 g/mol. The van der Waals surface area contributed by atoms with E-state index >= 15 is 0 Å². The van der Waals surface area contributed by atoms with Crippen molar-refractivity contribution in [2.45, 2.75) is 6.92 Å². The first-order valence-corrected chi connectivity index (χ1v) is 3.99. The zero-order chi connectivity index (χ0) is 10.6. The normalized spacial score (nSPS) is 8.79. The molecular weight excluding hydrogens is 183 g/mol. The van der Waals surface area contributed by atoms with Gasteiger partial charge in [0.2, 0.25) is 0 Å². The number of hydrogen-bond acceptors (Lipinski definition) is 2. The molecule has 14 heavy (non-hydrogen) atoms. The van der Waals surface area contributed by atoms with Gasteiger partial charge in [0.1, 0.15) is 5.82 Å². The SMILES string of the molecule is COC(=O)C#Cc1ccc(C)c(F)c1. The summed E-state index contributed by atoms with van der Waals surface area (Å²) in [4.78, 5) is 10.6. The number of ether oxygens (including phenoxy) is 1. The molecule has 3 heteroatoms. The molecule has 0 atom stereocenters. The van der Waals surface area contributed by atoms with Crippen molar-refractivity contribution in [1.82, 2.24) is 0 Å². The van der Waals surface area contributed by atoms with E-state index in [2.05, 4.69) is 16.6 Å². The van der Waals surface area contributed by atoms with Crippen molar-refractivity contribution in [3.05, 3.63) is 35.1 Å². The smallest absolute Gasteiger partial charge is 0.384 e. The van der Waals surface area contributed by atoms with E-state index in [9.17, 15) is 9.18 Å². The van der Waals surface area contributed by atoms with E-state index in [1.54, 1.807) is 19.1 Å². The van der Waals surface area contributed by atoms with Gasteiger partial charge in [0, 0.05) is 11.5 Å². The fourth-order valence-corrected chi connectivity index (χ4v) is 0.845. The lowest BCUT2D eigenvalue weighted by Gasteiger charge is -1.95. The Kier molecular flexibility index (Phi) is 3.24. The van der Waals surface area contributed by atoms with Crippen LogP contribution in [0.25, 0.3) is 0 Å². The number of methoxy groups -OCH3 is 1. The molecule has 0 aliphatic carbocycles. The molecule has 0 radical (unpaired) electrons. The summed E-state index contributed by atoms with van der Waals surface area (Å²) >= 11 is 0. The summed E-state index contributed by atoms with van der Waals surface area (Å²) < 4.78 is 17.3. The van der Waals surface area contributed by atoms with Crippen LogP contribution >= 0.6 is 0 Å².